The molecule has 1 atom stereocenters. The van der Waals surface area contributed by atoms with Crippen LogP contribution in [0.25, 0.3) is 0 Å². The first-order valence-corrected chi connectivity index (χ1v) is 9.20. The summed E-state index contributed by atoms with van der Waals surface area (Å²) in [5, 5.41) is 4.65. The Hall–Kier alpha value is -2.33. The van der Waals surface area contributed by atoms with Crippen molar-refractivity contribution in [2.75, 3.05) is 6.54 Å². The summed E-state index contributed by atoms with van der Waals surface area (Å²) in [7, 11) is 0. The van der Waals surface area contributed by atoms with Crippen molar-refractivity contribution in [3.63, 3.8) is 0 Å². The molecule has 0 spiro atoms. The van der Waals surface area contributed by atoms with Crippen LogP contribution < -0.4 is 0 Å². The summed E-state index contributed by atoms with van der Waals surface area (Å²) in [6.07, 6.45) is 5.40. The van der Waals surface area contributed by atoms with Crippen molar-refractivity contribution in [3.05, 3.63) is 77.4 Å². The summed E-state index contributed by atoms with van der Waals surface area (Å²) in [6, 6.07) is 15.5. The van der Waals surface area contributed by atoms with E-state index in [0.29, 0.717) is 6.04 Å². The van der Waals surface area contributed by atoms with Crippen molar-refractivity contribution >= 4 is 0 Å². The molecule has 3 aromatic rings. The van der Waals surface area contributed by atoms with Gasteiger partial charge in [0.25, 0.3) is 0 Å². The van der Waals surface area contributed by atoms with Crippen LogP contribution in [0.2, 0.25) is 0 Å². The zero-order chi connectivity index (χ0) is 17.2. The van der Waals surface area contributed by atoms with Gasteiger partial charge in [-0.15, -0.1) is 0 Å². The number of hydrogen-bond donors (Lipinski definition) is 0. The zero-order valence-electron chi connectivity index (χ0n) is 15.1. The fourth-order valence-corrected chi connectivity index (χ4v) is 3.94. The van der Waals surface area contributed by atoms with Gasteiger partial charge in [0.2, 0.25) is 0 Å². The Morgan fingerprint density at radius 3 is 2.68 bits per heavy atom. The van der Waals surface area contributed by atoms with Crippen LogP contribution in [0.4, 0.5) is 0 Å². The molecular formula is C21H26N4. The quantitative estimate of drug-likeness (QED) is 0.705. The molecule has 0 N–H and O–H groups in total. The molecule has 0 fully saturated rings. The second-order valence-corrected chi connectivity index (χ2v) is 6.92. The van der Waals surface area contributed by atoms with Crippen LogP contribution in [0, 0.1) is 6.92 Å². The van der Waals surface area contributed by atoms with Gasteiger partial charge in [-0.05, 0) is 31.0 Å². The molecular weight excluding hydrogens is 308 g/mol. The van der Waals surface area contributed by atoms with Crippen LogP contribution in [0.5, 0.6) is 0 Å². The van der Waals surface area contributed by atoms with Crippen molar-refractivity contribution in [3.8, 4) is 0 Å². The maximum absolute atomic E-state index is 4.65. The Morgan fingerprint density at radius 1 is 1.04 bits per heavy atom. The Kier molecular flexibility index (Phi) is 4.45. The Balaban J connectivity index is 1.52. The standard InChI is InChI=1S/C21H26N4/c1-3-20-21-10-7-11-23(21)12-13-24(20)16-19-14-22-25(17(19)2)15-18-8-5-4-6-9-18/h4-11,14,20H,3,12-13,15-16H2,1-2H3. The number of aromatic nitrogens is 3. The summed E-state index contributed by atoms with van der Waals surface area (Å²) in [4.78, 5) is 2.60. The normalized spacial score (nSPS) is 17.6. The lowest BCUT2D eigenvalue weighted by atomic mass is 10.1. The molecule has 0 radical (unpaired) electrons. The highest BCUT2D eigenvalue weighted by Gasteiger charge is 2.26. The fourth-order valence-electron chi connectivity index (χ4n) is 3.94. The van der Waals surface area contributed by atoms with Gasteiger partial charge in [0.15, 0.2) is 0 Å². The van der Waals surface area contributed by atoms with E-state index in [1.54, 1.807) is 0 Å². The second kappa shape index (κ2) is 6.89. The van der Waals surface area contributed by atoms with Gasteiger partial charge < -0.3 is 4.57 Å². The zero-order valence-corrected chi connectivity index (χ0v) is 15.1. The van der Waals surface area contributed by atoms with Crippen LogP contribution in [-0.2, 0) is 19.6 Å². The predicted octanol–water partition coefficient (Wildman–Crippen LogP) is 4.01. The van der Waals surface area contributed by atoms with E-state index in [9.17, 15) is 0 Å². The van der Waals surface area contributed by atoms with Gasteiger partial charge in [-0.2, -0.15) is 5.10 Å². The van der Waals surface area contributed by atoms with Crippen molar-refractivity contribution in [1.82, 2.24) is 19.2 Å². The molecule has 3 heterocycles. The molecule has 2 aromatic heterocycles. The topological polar surface area (TPSA) is 26.0 Å². The molecule has 0 bridgehead atoms. The Morgan fingerprint density at radius 2 is 1.88 bits per heavy atom. The highest BCUT2D eigenvalue weighted by molar-refractivity contribution is 5.21. The minimum absolute atomic E-state index is 0.501. The monoisotopic (exact) mass is 334 g/mol. The predicted molar refractivity (Wildman–Crippen MR) is 100 cm³/mol. The molecule has 1 aliphatic heterocycles. The lowest BCUT2D eigenvalue weighted by Gasteiger charge is -2.36. The van der Waals surface area contributed by atoms with Gasteiger partial charge in [0, 0.05) is 42.8 Å². The molecule has 0 aliphatic carbocycles. The number of rotatable bonds is 5. The number of hydrogen-bond acceptors (Lipinski definition) is 2. The van der Waals surface area contributed by atoms with Crippen molar-refractivity contribution in [2.24, 2.45) is 0 Å². The molecule has 1 aliphatic rings. The molecule has 0 amide bonds. The van der Waals surface area contributed by atoms with Crippen molar-refractivity contribution < 1.29 is 0 Å². The largest absolute Gasteiger partial charge is 0.349 e. The first kappa shape index (κ1) is 16.2. The second-order valence-electron chi connectivity index (χ2n) is 6.92. The lowest BCUT2D eigenvalue weighted by molar-refractivity contribution is 0.144. The van der Waals surface area contributed by atoms with Crippen molar-refractivity contribution in [2.45, 2.75) is 45.9 Å². The molecule has 0 saturated carbocycles. The minimum Gasteiger partial charge on any atom is -0.349 e. The molecule has 1 unspecified atom stereocenters. The van der Waals surface area contributed by atoms with Gasteiger partial charge in [-0.25, -0.2) is 0 Å². The van der Waals surface area contributed by atoms with Gasteiger partial charge in [-0.1, -0.05) is 37.3 Å². The summed E-state index contributed by atoms with van der Waals surface area (Å²) in [5.41, 5.74) is 5.36. The highest BCUT2D eigenvalue weighted by atomic mass is 15.3. The Bertz CT molecular complexity index is 831. The third kappa shape index (κ3) is 3.14. The molecule has 25 heavy (non-hydrogen) atoms. The first-order chi connectivity index (χ1) is 12.3. The molecule has 4 heteroatoms. The van der Waals surface area contributed by atoms with Crippen LogP contribution in [0.3, 0.4) is 0 Å². The van der Waals surface area contributed by atoms with E-state index in [4.69, 9.17) is 0 Å². The lowest BCUT2D eigenvalue weighted by Crippen LogP contribution is -2.37. The van der Waals surface area contributed by atoms with Gasteiger partial charge in [-0.3, -0.25) is 9.58 Å². The Labute approximate surface area is 149 Å². The maximum atomic E-state index is 4.65. The number of fused-ring (bicyclic) bond motifs is 1. The van der Waals surface area contributed by atoms with E-state index in [1.165, 1.54) is 22.5 Å². The SMILES string of the molecule is CCC1c2cccn2CCN1Cc1cnn(Cc2ccccc2)c1C. The van der Waals surface area contributed by atoms with Gasteiger partial charge in [0.05, 0.1) is 18.8 Å². The summed E-state index contributed by atoms with van der Waals surface area (Å²) >= 11 is 0. The molecule has 1 aromatic carbocycles. The van der Waals surface area contributed by atoms with E-state index in [0.717, 1.165) is 32.6 Å². The molecule has 4 nitrogen and oxygen atoms in total. The highest BCUT2D eigenvalue weighted by Crippen LogP contribution is 2.30. The summed E-state index contributed by atoms with van der Waals surface area (Å²) in [5.74, 6) is 0. The van der Waals surface area contributed by atoms with Gasteiger partial charge >= 0.3 is 0 Å². The van der Waals surface area contributed by atoms with Crippen LogP contribution in [-0.4, -0.2) is 25.8 Å². The number of nitrogens with zero attached hydrogens (tertiary/aromatic N) is 4. The smallest absolute Gasteiger partial charge is 0.0662 e. The van der Waals surface area contributed by atoms with Crippen LogP contribution in [0.15, 0.2) is 54.9 Å². The fraction of sp³-hybridized carbons (Fsp3) is 0.381. The van der Waals surface area contributed by atoms with E-state index in [1.807, 2.05) is 0 Å². The third-order valence-corrected chi connectivity index (χ3v) is 5.42. The minimum atomic E-state index is 0.501. The van der Waals surface area contributed by atoms with E-state index >= 15 is 0 Å². The van der Waals surface area contributed by atoms with E-state index in [-0.39, 0.29) is 0 Å². The molecule has 4 rings (SSSR count). The average molecular weight is 334 g/mol. The summed E-state index contributed by atoms with van der Waals surface area (Å²) in [6.45, 7) is 8.47. The van der Waals surface area contributed by atoms with E-state index < -0.39 is 0 Å². The molecule has 130 valence electrons. The maximum Gasteiger partial charge on any atom is 0.0662 e. The molecule has 0 saturated heterocycles. The van der Waals surface area contributed by atoms with Crippen LogP contribution in [0.1, 0.15) is 41.9 Å². The van der Waals surface area contributed by atoms with Crippen molar-refractivity contribution in [1.29, 1.82) is 0 Å². The number of benzene rings is 1. The van der Waals surface area contributed by atoms with Gasteiger partial charge in [0.1, 0.15) is 0 Å². The van der Waals surface area contributed by atoms with E-state index in [2.05, 4.69) is 88.0 Å². The first-order valence-electron chi connectivity index (χ1n) is 9.20. The average Bonchev–Trinajstić information content (AvgIpc) is 3.24. The van der Waals surface area contributed by atoms with Crippen LogP contribution >= 0.6 is 0 Å². The third-order valence-electron chi connectivity index (χ3n) is 5.42. The summed E-state index contributed by atoms with van der Waals surface area (Å²) < 4.78 is 4.52.